The van der Waals surface area contributed by atoms with E-state index < -0.39 is 35.7 Å². The molecular weight excluding hydrogens is 761 g/mol. The van der Waals surface area contributed by atoms with Crippen LogP contribution in [0, 0.1) is 0 Å². The van der Waals surface area contributed by atoms with E-state index in [-0.39, 0.29) is 35.5 Å². The van der Waals surface area contributed by atoms with E-state index in [0.29, 0.717) is 0 Å². The van der Waals surface area contributed by atoms with Gasteiger partial charge in [0.05, 0.1) is 0 Å². The Balaban J connectivity index is 0.00000729. The fourth-order valence-corrected chi connectivity index (χ4v) is 5.93. The smallest absolute Gasteiger partial charge is 0.143 e. The van der Waals surface area contributed by atoms with E-state index in [4.69, 9.17) is 174 Å². The first-order valence-corrected chi connectivity index (χ1v) is 11.9. The Morgan fingerprint density at radius 2 is 0.500 bits per heavy atom. The van der Waals surface area contributed by atoms with Crippen molar-refractivity contribution in [3.63, 3.8) is 0 Å². The monoisotopic (exact) mass is 753 g/mol. The number of rotatable bonds is 0. The Kier molecular flexibility index (Phi) is 12.4. The van der Waals surface area contributed by atoms with E-state index in [1.54, 1.807) is 0 Å². The third-order valence-corrected chi connectivity index (χ3v) is 6.17. The molecule has 0 atom stereocenters. The molecule has 17 heteroatoms. The van der Waals surface area contributed by atoms with Gasteiger partial charge in [0, 0.05) is 52.2 Å². The summed E-state index contributed by atoms with van der Waals surface area (Å²) in [6, 6.07) is 0. The normalized spacial score (nSPS) is 14.1. The molecule has 0 spiro atoms. The summed E-state index contributed by atoms with van der Waals surface area (Å²) in [7, 11) is 0. The number of alkyl halides is 15. The molecule has 28 heavy (non-hydrogen) atoms. The summed E-state index contributed by atoms with van der Waals surface area (Å²) in [5.74, 6) is 0. The zero-order valence-corrected chi connectivity index (χ0v) is 27.5. The zero-order chi connectivity index (χ0) is 22.0. The van der Waals surface area contributed by atoms with Crippen molar-refractivity contribution in [1.82, 2.24) is 0 Å². The molecule has 0 heterocycles. The molecule has 0 bridgehead atoms. The van der Waals surface area contributed by atoms with Gasteiger partial charge in [-0.1, -0.05) is 174 Å². The second kappa shape index (κ2) is 10.7. The maximum atomic E-state index is 6.07. The molecule has 1 aromatic carbocycles. The van der Waals surface area contributed by atoms with Crippen molar-refractivity contribution >= 4 is 187 Å². The standard InChI is InChI=1S/C11HCl15S.Zn/c12-7(13,14)1-2(8(15,16)17)4(10(21,22)23)6(27)5(11(24,25)26)3(1)9(18,19)20;/h27H;. The molecule has 0 radical (unpaired) electrons. The minimum absolute atomic E-state index is 0. The van der Waals surface area contributed by atoms with Crippen LogP contribution < -0.4 is 0 Å². The van der Waals surface area contributed by atoms with Crippen molar-refractivity contribution < 1.29 is 19.5 Å². The van der Waals surface area contributed by atoms with Crippen LogP contribution in [0.4, 0.5) is 0 Å². The van der Waals surface area contributed by atoms with Crippen LogP contribution in [0.15, 0.2) is 4.90 Å². The Morgan fingerprint density at radius 3 is 0.643 bits per heavy atom. The van der Waals surface area contributed by atoms with Crippen LogP contribution in [-0.4, -0.2) is 0 Å². The third-order valence-electron chi connectivity index (χ3n) is 2.89. The molecule has 0 amide bonds. The van der Waals surface area contributed by atoms with Gasteiger partial charge in [-0.05, 0) is 0 Å². The van der Waals surface area contributed by atoms with Crippen molar-refractivity contribution in [3.8, 4) is 0 Å². The van der Waals surface area contributed by atoms with Crippen LogP contribution in [-0.2, 0) is 38.4 Å². The van der Waals surface area contributed by atoms with Gasteiger partial charge >= 0.3 is 0 Å². The third kappa shape index (κ3) is 7.78. The summed E-state index contributed by atoms with van der Waals surface area (Å²) < 4.78 is -11.6. The van der Waals surface area contributed by atoms with Gasteiger partial charge in [-0.15, -0.1) is 12.6 Å². The summed E-state index contributed by atoms with van der Waals surface area (Å²) in [5, 5.41) is 0. The number of benzene rings is 1. The van der Waals surface area contributed by atoms with E-state index in [9.17, 15) is 0 Å². The summed E-state index contributed by atoms with van der Waals surface area (Å²) in [6.07, 6.45) is 0. The predicted octanol–water partition coefficient (Wildman–Crippen LogP) is 11.1. The Morgan fingerprint density at radius 1 is 0.357 bits per heavy atom. The average molecular weight is 762 g/mol. The van der Waals surface area contributed by atoms with Gasteiger partial charge in [-0.2, -0.15) is 0 Å². The van der Waals surface area contributed by atoms with E-state index in [1.807, 2.05) is 0 Å². The van der Waals surface area contributed by atoms with Crippen LogP contribution >= 0.6 is 187 Å². The van der Waals surface area contributed by atoms with Gasteiger partial charge in [0.25, 0.3) is 0 Å². The van der Waals surface area contributed by atoms with Gasteiger partial charge in [-0.3, -0.25) is 0 Å². The van der Waals surface area contributed by atoms with Gasteiger partial charge in [0.15, 0.2) is 0 Å². The summed E-state index contributed by atoms with van der Waals surface area (Å²) >= 11 is 95.0. The van der Waals surface area contributed by atoms with Crippen LogP contribution in [0.2, 0.25) is 0 Å². The molecule has 0 nitrogen and oxygen atoms in total. The molecule has 0 aliphatic rings. The first-order chi connectivity index (χ1) is 11.5. The zero-order valence-electron chi connectivity index (χ0n) is 12.3. The second-order valence-electron chi connectivity index (χ2n) is 4.71. The van der Waals surface area contributed by atoms with E-state index in [1.165, 1.54) is 0 Å². The predicted molar refractivity (Wildman–Crippen MR) is 130 cm³/mol. The van der Waals surface area contributed by atoms with E-state index in [0.717, 1.165) is 0 Å². The van der Waals surface area contributed by atoms with Crippen molar-refractivity contribution in [2.24, 2.45) is 0 Å². The molecule has 0 N–H and O–H groups in total. The number of thiol groups is 1. The van der Waals surface area contributed by atoms with Crippen molar-refractivity contribution in [2.75, 3.05) is 0 Å². The maximum absolute atomic E-state index is 6.07. The molecule has 0 fully saturated rings. The fraction of sp³-hybridized carbons (Fsp3) is 0.455. The maximum Gasteiger partial charge on any atom is 0.217 e. The molecule has 0 saturated carbocycles. The largest absolute Gasteiger partial charge is 0.217 e. The van der Waals surface area contributed by atoms with Crippen LogP contribution in [0.25, 0.3) is 0 Å². The Hall–Kier alpha value is 4.54. The van der Waals surface area contributed by atoms with Gasteiger partial charge < -0.3 is 0 Å². The topological polar surface area (TPSA) is 0 Å². The van der Waals surface area contributed by atoms with Crippen LogP contribution in [0.3, 0.4) is 0 Å². The molecule has 1 rings (SSSR count). The van der Waals surface area contributed by atoms with E-state index >= 15 is 0 Å². The van der Waals surface area contributed by atoms with Gasteiger partial charge in [-0.25, -0.2) is 0 Å². The Labute approximate surface area is 254 Å². The van der Waals surface area contributed by atoms with Crippen molar-refractivity contribution in [1.29, 1.82) is 0 Å². The molecule has 0 aliphatic carbocycles. The van der Waals surface area contributed by atoms with Crippen molar-refractivity contribution in [3.05, 3.63) is 27.8 Å². The first-order valence-electron chi connectivity index (χ1n) is 5.81. The van der Waals surface area contributed by atoms with Crippen LogP contribution in [0.5, 0.6) is 0 Å². The minimum atomic E-state index is -2.38. The molecule has 0 saturated heterocycles. The molecule has 0 aliphatic heterocycles. The van der Waals surface area contributed by atoms with E-state index in [2.05, 4.69) is 12.6 Å². The number of halogens is 15. The summed E-state index contributed by atoms with van der Waals surface area (Å²) in [4.78, 5) is -0.268. The summed E-state index contributed by atoms with van der Waals surface area (Å²) in [6.45, 7) is 0. The van der Waals surface area contributed by atoms with Crippen molar-refractivity contribution in [2.45, 2.75) is 23.9 Å². The second-order valence-corrected chi connectivity index (χ2v) is 16.6. The van der Waals surface area contributed by atoms with Gasteiger partial charge in [0.1, 0.15) is 0 Å². The fourth-order valence-electron chi connectivity index (χ4n) is 2.14. The number of hydrogen-bond donors (Lipinski definition) is 1. The molecule has 0 aromatic heterocycles. The van der Waals surface area contributed by atoms with Crippen LogP contribution in [0.1, 0.15) is 27.8 Å². The molecule has 1 aromatic rings. The SMILES string of the molecule is Sc1c(C(Cl)(Cl)Cl)c(C(Cl)(Cl)Cl)c(C(Cl)(Cl)Cl)c(C(Cl)(Cl)Cl)c1C(Cl)(Cl)Cl.[Zn]. The summed E-state index contributed by atoms with van der Waals surface area (Å²) in [5.41, 5.74) is -2.01. The average Bonchev–Trinajstić information content (AvgIpc) is 2.29. The Bertz CT molecular complexity index is 678. The van der Waals surface area contributed by atoms with Gasteiger partial charge in [0.2, 0.25) is 19.0 Å². The molecule has 0 unspecified atom stereocenters. The minimum Gasteiger partial charge on any atom is -0.143 e. The quantitative estimate of drug-likeness (QED) is 0.152. The number of hydrogen-bond acceptors (Lipinski definition) is 1. The molecule has 158 valence electrons. The molecular formula is C11HCl15SZn. The first kappa shape index (κ1) is 32.5.